The van der Waals surface area contributed by atoms with Crippen LogP contribution in [0.5, 0.6) is 0 Å². The quantitative estimate of drug-likeness (QED) is 0.591. The first-order valence-corrected chi connectivity index (χ1v) is 12.8. The van der Waals surface area contributed by atoms with Gasteiger partial charge in [0.2, 0.25) is 10.0 Å². The van der Waals surface area contributed by atoms with E-state index in [0.717, 1.165) is 17.3 Å². The molecule has 9 nitrogen and oxygen atoms in total. The molecule has 0 atom stereocenters. The van der Waals surface area contributed by atoms with E-state index in [-0.39, 0.29) is 17.5 Å². The molecule has 34 heavy (non-hydrogen) atoms. The summed E-state index contributed by atoms with van der Waals surface area (Å²) in [4.78, 5) is 19.4. The molecule has 0 radical (unpaired) electrons. The van der Waals surface area contributed by atoms with E-state index < -0.39 is 21.7 Å². The van der Waals surface area contributed by atoms with Gasteiger partial charge in [-0.3, -0.25) is 4.79 Å². The van der Waals surface area contributed by atoms with Gasteiger partial charge < -0.3 is 4.90 Å². The van der Waals surface area contributed by atoms with Gasteiger partial charge in [-0.25, -0.2) is 27.2 Å². The lowest BCUT2D eigenvalue weighted by Gasteiger charge is -2.32. The molecule has 4 rings (SSSR count). The Morgan fingerprint density at radius 2 is 1.88 bits per heavy atom. The Morgan fingerprint density at radius 3 is 2.44 bits per heavy atom. The van der Waals surface area contributed by atoms with Gasteiger partial charge in [0, 0.05) is 19.0 Å². The summed E-state index contributed by atoms with van der Waals surface area (Å²) >= 11 is 0. The Balaban J connectivity index is 1.96. The molecule has 1 amide bonds. The SMILES string of the molecule is CC(C)c1nn(-c2ccc(F)cc2)c2nc(C(=O)NS(C)(=O)=O)cc(N3CCC(C#N)CC3)c12. The van der Waals surface area contributed by atoms with Crippen LogP contribution in [0.2, 0.25) is 0 Å². The van der Waals surface area contributed by atoms with Crippen LogP contribution >= 0.6 is 0 Å². The number of sulfonamides is 1. The lowest BCUT2D eigenvalue weighted by Crippen LogP contribution is -2.34. The van der Waals surface area contributed by atoms with Gasteiger partial charge >= 0.3 is 0 Å². The highest BCUT2D eigenvalue weighted by molar-refractivity contribution is 7.89. The molecule has 0 bridgehead atoms. The highest BCUT2D eigenvalue weighted by Crippen LogP contribution is 2.36. The molecule has 1 N–H and O–H groups in total. The van der Waals surface area contributed by atoms with Gasteiger partial charge in [-0.1, -0.05) is 13.8 Å². The number of hydrogen-bond acceptors (Lipinski definition) is 7. The molecule has 1 aliphatic rings. The Labute approximate surface area is 197 Å². The maximum Gasteiger partial charge on any atom is 0.283 e. The topological polar surface area (TPSA) is 121 Å². The standard InChI is InChI=1S/C23H25FN6O3S/c1-14(2)21-20-19(29-10-8-15(13-25)9-11-29)12-18(23(31)28-34(3,32)33)26-22(20)30(27-21)17-6-4-16(24)5-7-17/h4-7,12,14-15H,8-11H2,1-3H3,(H,28,31). The van der Waals surface area contributed by atoms with Crippen molar-refractivity contribution in [2.45, 2.75) is 32.6 Å². The fraction of sp³-hybridized carbons (Fsp3) is 0.391. The zero-order chi connectivity index (χ0) is 24.6. The van der Waals surface area contributed by atoms with Crippen LogP contribution in [0, 0.1) is 23.1 Å². The number of rotatable bonds is 5. The van der Waals surface area contributed by atoms with Crippen molar-refractivity contribution in [1.29, 1.82) is 5.26 Å². The van der Waals surface area contributed by atoms with E-state index in [1.165, 1.54) is 12.1 Å². The molecule has 1 fully saturated rings. The van der Waals surface area contributed by atoms with E-state index in [1.54, 1.807) is 22.9 Å². The molecule has 3 heterocycles. The number of fused-ring (bicyclic) bond motifs is 1. The number of nitriles is 1. The predicted molar refractivity (Wildman–Crippen MR) is 126 cm³/mol. The lowest BCUT2D eigenvalue weighted by molar-refractivity contribution is 0.0977. The minimum Gasteiger partial charge on any atom is -0.371 e. The fourth-order valence-corrected chi connectivity index (χ4v) is 4.57. The maximum absolute atomic E-state index is 13.6. The molecule has 0 aliphatic carbocycles. The number of piperidine rings is 1. The molecule has 2 aromatic heterocycles. The zero-order valence-electron chi connectivity index (χ0n) is 19.1. The van der Waals surface area contributed by atoms with Crippen molar-refractivity contribution in [3.8, 4) is 11.8 Å². The second-order valence-corrected chi connectivity index (χ2v) is 10.5. The number of aromatic nitrogens is 3. The highest BCUT2D eigenvalue weighted by atomic mass is 32.2. The fourth-order valence-electron chi connectivity index (χ4n) is 4.12. The minimum absolute atomic E-state index is 0.0112. The van der Waals surface area contributed by atoms with Crippen molar-refractivity contribution in [1.82, 2.24) is 19.5 Å². The van der Waals surface area contributed by atoms with Crippen molar-refractivity contribution in [3.05, 3.63) is 47.5 Å². The van der Waals surface area contributed by atoms with Crippen LogP contribution in [0.4, 0.5) is 10.1 Å². The van der Waals surface area contributed by atoms with Crippen molar-refractivity contribution in [2.75, 3.05) is 24.2 Å². The summed E-state index contributed by atoms with van der Waals surface area (Å²) in [6.07, 6.45) is 2.25. The van der Waals surface area contributed by atoms with Crippen LogP contribution in [-0.2, 0) is 10.0 Å². The second kappa shape index (κ2) is 9.02. The number of amides is 1. The third kappa shape index (κ3) is 4.72. The third-order valence-corrected chi connectivity index (χ3v) is 6.35. The number of nitrogens with one attached hydrogen (secondary N) is 1. The predicted octanol–water partition coefficient (Wildman–Crippen LogP) is 3.11. The number of benzene rings is 1. The van der Waals surface area contributed by atoms with Crippen LogP contribution in [0.3, 0.4) is 0 Å². The van der Waals surface area contributed by atoms with Gasteiger partial charge in [-0.2, -0.15) is 10.4 Å². The number of nitrogens with zero attached hydrogens (tertiary/aromatic N) is 5. The number of carbonyl (C=O) groups excluding carboxylic acids is 1. The van der Waals surface area contributed by atoms with E-state index in [0.29, 0.717) is 43.0 Å². The van der Waals surface area contributed by atoms with Crippen LogP contribution < -0.4 is 9.62 Å². The Bertz CT molecular complexity index is 1380. The molecular formula is C23H25FN6O3S. The van der Waals surface area contributed by atoms with E-state index in [4.69, 9.17) is 5.10 Å². The van der Waals surface area contributed by atoms with Crippen molar-refractivity contribution in [2.24, 2.45) is 5.92 Å². The van der Waals surface area contributed by atoms with Gasteiger partial charge in [-0.05, 0) is 49.1 Å². The van der Waals surface area contributed by atoms with Crippen LogP contribution in [0.1, 0.15) is 48.8 Å². The number of hydrogen-bond donors (Lipinski definition) is 1. The molecule has 0 unspecified atom stereocenters. The molecule has 0 saturated carbocycles. The maximum atomic E-state index is 13.6. The summed E-state index contributed by atoms with van der Waals surface area (Å²) < 4.78 is 40.5. The summed E-state index contributed by atoms with van der Waals surface area (Å²) in [5.41, 5.74) is 2.31. The Hall–Kier alpha value is -3.52. The summed E-state index contributed by atoms with van der Waals surface area (Å²) in [5.74, 6) is -1.27. The van der Waals surface area contributed by atoms with Crippen LogP contribution in [0.25, 0.3) is 16.7 Å². The smallest absolute Gasteiger partial charge is 0.283 e. The highest BCUT2D eigenvalue weighted by Gasteiger charge is 2.27. The minimum atomic E-state index is -3.80. The molecule has 1 aromatic carbocycles. The lowest BCUT2D eigenvalue weighted by atomic mass is 9.97. The van der Waals surface area contributed by atoms with Gasteiger partial charge in [-0.15, -0.1) is 0 Å². The van der Waals surface area contributed by atoms with Crippen molar-refractivity contribution >= 4 is 32.7 Å². The number of anilines is 1. The second-order valence-electron chi connectivity index (χ2n) is 8.75. The molecule has 178 valence electrons. The molecule has 11 heteroatoms. The zero-order valence-corrected chi connectivity index (χ0v) is 19.9. The van der Waals surface area contributed by atoms with Crippen molar-refractivity contribution in [3.63, 3.8) is 0 Å². The van der Waals surface area contributed by atoms with Gasteiger partial charge in [0.1, 0.15) is 11.5 Å². The summed E-state index contributed by atoms with van der Waals surface area (Å²) in [6.45, 7) is 5.19. The van der Waals surface area contributed by atoms with Crippen LogP contribution in [-0.4, -0.2) is 48.4 Å². The summed E-state index contributed by atoms with van der Waals surface area (Å²) in [7, 11) is -3.80. The molecule has 1 aliphatic heterocycles. The first-order chi connectivity index (χ1) is 16.1. The summed E-state index contributed by atoms with van der Waals surface area (Å²) in [6, 6.07) is 9.64. The molecular weight excluding hydrogens is 459 g/mol. The molecule has 1 saturated heterocycles. The average molecular weight is 485 g/mol. The summed E-state index contributed by atoms with van der Waals surface area (Å²) in [5, 5.41) is 14.8. The van der Waals surface area contributed by atoms with E-state index in [2.05, 4.69) is 16.0 Å². The number of carbonyl (C=O) groups is 1. The Morgan fingerprint density at radius 1 is 1.24 bits per heavy atom. The van der Waals surface area contributed by atoms with Crippen molar-refractivity contribution < 1.29 is 17.6 Å². The largest absolute Gasteiger partial charge is 0.371 e. The van der Waals surface area contributed by atoms with E-state index in [1.807, 2.05) is 18.6 Å². The van der Waals surface area contributed by atoms with Gasteiger partial charge in [0.15, 0.2) is 5.65 Å². The third-order valence-electron chi connectivity index (χ3n) is 5.79. The number of pyridine rings is 1. The normalized spacial score (nSPS) is 15.0. The monoisotopic (exact) mass is 484 g/mol. The first-order valence-electron chi connectivity index (χ1n) is 10.9. The molecule has 3 aromatic rings. The van der Waals surface area contributed by atoms with E-state index in [9.17, 15) is 22.9 Å². The van der Waals surface area contributed by atoms with Gasteiger partial charge in [0.05, 0.1) is 34.8 Å². The average Bonchev–Trinajstić information content (AvgIpc) is 3.18. The number of halogens is 1. The van der Waals surface area contributed by atoms with Gasteiger partial charge in [0.25, 0.3) is 5.91 Å². The van der Waals surface area contributed by atoms with E-state index >= 15 is 0 Å². The van der Waals surface area contributed by atoms with Crippen LogP contribution in [0.15, 0.2) is 30.3 Å². The first kappa shape index (κ1) is 23.6. The molecule has 0 spiro atoms. The Kier molecular flexibility index (Phi) is 6.27.